The summed E-state index contributed by atoms with van der Waals surface area (Å²) in [6.07, 6.45) is 0. The number of hydrogen-bond donors (Lipinski definition) is 1. The van der Waals surface area contributed by atoms with E-state index < -0.39 is 0 Å². The van der Waals surface area contributed by atoms with Gasteiger partial charge in [-0.25, -0.2) is 4.39 Å². The minimum atomic E-state index is -0.211. The lowest BCUT2D eigenvalue weighted by Crippen LogP contribution is -2.58. The Bertz CT molecular complexity index is 911. The van der Waals surface area contributed by atoms with Crippen molar-refractivity contribution >= 4 is 11.5 Å². The quantitative estimate of drug-likeness (QED) is 0.698. The summed E-state index contributed by atoms with van der Waals surface area (Å²) in [4.78, 5) is 5.93. The fraction of sp³-hybridized carbons (Fsp3) is 0.273. The summed E-state index contributed by atoms with van der Waals surface area (Å²) in [7, 11) is 3.98. The number of aromatic nitrogens is 1. The number of likely N-dealkylation sites (N-methyl/N-ethyl adjacent to an activating group) is 1. The molecule has 0 radical (unpaired) electrons. The minimum Gasteiger partial charge on any atom is -0.495 e. The average molecular weight is 366 g/mol. The number of para-hydroxylation sites is 2. The molecule has 4 rings (SSSR count). The highest BCUT2D eigenvalue weighted by Gasteiger charge is 2.33. The molecule has 2 heterocycles. The van der Waals surface area contributed by atoms with Crippen LogP contribution in [0.1, 0.15) is 0 Å². The molecule has 1 saturated heterocycles. The Morgan fingerprint density at radius 1 is 0.963 bits per heavy atom. The third-order valence-electron chi connectivity index (χ3n) is 5.56. The number of nitrogens with one attached hydrogen (secondary N) is 1. The van der Waals surface area contributed by atoms with Gasteiger partial charge in [0.25, 0.3) is 0 Å². The van der Waals surface area contributed by atoms with Gasteiger partial charge in [0, 0.05) is 6.07 Å². The van der Waals surface area contributed by atoms with Crippen LogP contribution >= 0.6 is 0 Å². The molecule has 1 fully saturated rings. The van der Waals surface area contributed by atoms with Gasteiger partial charge in [0.2, 0.25) is 5.82 Å². The molecule has 2 aromatic carbocycles. The van der Waals surface area contributed by atoms with Gasteiger partial charge in [-0.05, 0) is 48.0 Å². The maximum absolute atomic E-state index is 13.2. The van der Waals surface area contributed by atoms with E-state index in [0.29, 0.717) is 0 Å². The first-order chi connectivity index (χ1) is 13.1. The van der Waals surface area contributed by atoms with Crippen molar-refractivity contribution in [3.63, 3.8) is 0 Å². The Morgan fingerprint density at radius 2 is 1.67 bits per heavy atom. The van der Waals surface area contributed by atoms with E-state index in [1.165, 1.54) is 18.0 Å². The van der Waals surface area contributed by atoms with E-state index in [1.807, 2.05) is 24.3 Å². The van der Waals surface area contributed by atoms with E-state index in [1.54, 1.807) is 7.11 Å². The van der Waals surface area contributed by atoms with Gasteiger partial charge in [-0.2, -0.15) is 0 Å². The van der Waals surface area contributed by atoms with Crippen LogP contribution in [-0.2, 0) is 0 Å². The molecule has 0 atom stereocenters. The molecule has 27 heavy (non-hydrogen) atoms. The predicted octanol–water partition coefficient (Wildman–Crippen LogP) is 4.29. The van der Waals surface area contributed by atoms with Crippen molar-refractivity contribution in [3.05, 3.63) is 66.5 Å². The number of quaternary nitrogens is 1. The molecule has 3 aromatic rings. The molecule has 4 nitrogen and oxygen atoms in total. The average Bonchev–Trinajstić information content (AvgIpc) is 3.20. The Hall–Kier alpha value is -2.79. The first-order valence-corrected chi connectivity index (χ1v) is 9.27. The highest BCUT2D eigenvalue weighted by Crippen LogP contribution is 2.32. The zero-order chi connectivity index (χ0) is 18.9. The molecule has 0 amide bonds. The largest absolute Gasteiger partial charge is 0.495 e. The second-order valence-electron chi connectivity index (χ2n) is 7.27. The SMILES string of the molecule is COc1ccccc1N1CC[N+](C)(c2ccc(-c3ccc(F)cc3)[nH]2)CC1. The topological polar surface area (TPSA) is 28.3 Å². The summed E-state index contributed by atoms with van der Waals surface area (Å²) in [5, 5.41) is 0. The number of benzene rings is 2. The van der Waals surface area contributed by atoms with Crippen molar-refractivity contribution in [1.29, 1.82) is 0 Å². The molecule has 0 aliphatic carbocycles. The van der Waals surface area contributed by atoms with Gasteiger partial charge in [0.15, 0.2) is 0 Å². The number of aromatic amines is 1. The molecule has 1 N–H and O–H groups in total. The summed E-state index contributed by atoms with van der Waals surface area (Å²) in [5.41, 5.74) is 3.18. The number of halogens is 1. The van der Waals surface area contributed by atoms with Gasteiger partial charge >= 0.3 is 0 Å². The fourth-order valence-corrected chi connectivity index (χ4v) is 3.78. The molecule has 0 unspecified atom stereocenters. The normalized spacial score (nSPS) is 16.3. The van der Waals surface area contributed by atoms with Crippen LogP contribution in [0, 0.1) is 5.82 Å². The van der Waals surface area contributed by atoms with Crippen molar-refractivity contribution in [1.82, 2.24) is 9.47 Å². The Balaban J connectivity index is 1.50. The molecule has 1 aliphatic heterocycles. The first kappa shape index (κ1) is 17.6. The van der Waals surface area contributed by atoms with E-state index in [0.717, 1.165) is 53.4 Å². The number of rotatable bonds is 4. The molecular formula is C22H25FN3O+. The van der Waals surface area contributed by atoms with Gasteiger partial charge < -0.3 is 14.6 Å². The lowest BCUT2D eigenvalue weighted by Gasteiger charge is -2.41. The van der Waals surface area contributed by atoms with Crippen LogP contribution in [0.4, 0.5) is 15.9 Å². The molecule has 140 valence electrons. The van der Waals surface area contributed by atoms with E-state index in [9.17, 15) is 4.39 Å². The van der Waals surface area contributed by atoms with Crippen molar-refractivity contribution in [2.24, 2.45) is 0 Å². The minimum absolute atomic E-state index is 0.211. The number of anilines is 1. The number of methoxy groups -OCH3 is 1. The number of piperazine rings is 1. The fourth-order valence-electron chi connectivity index (χ4n) is 3.78. The molecule has 1 aliphatic rings. The van der Waals surface area contributed by atoms with Crippen LogP contribution < -0.4 is 14.1 Å². The lowest BCUT2D eigenvalue weighted by atomic mass is 10.1. The van der Waals surface area contributed by atoms with Crippen LogP contribution in [0.25, 0.3) is 11.3 Å². The maximum atomic E-state index is 13.2. The maximum Gasteiger partial charge on any atom is 0.205 e. The van der Waals surface area contributed by atoms with E-state index in [2.05, 4.69) is 41.2 Å². The van der Waals surface area contributed by atoms with Crippen LogP contribution in [0.2, 0.25) is 0 Å². The van der Waals surface area contributed by atoms with Crippen molar-refractivity contribution in [3.8, 4) is 17.0 Å². The van der Waals surface area contributed by atoms with Crippen LogP contribution in [0.15, 0.2) is 60.7 Å². The number of ether oxygens (including phenoxy) is 1. The molecule has 0 bridgehead atoms. The Kier molecular flexibility index (Phi) is 4.62. The van der Waals surface area contributed by atoms with Gasteiger partial charge in [-0.15, -0.1) is 0 Å². The van der Waals surface area contributed by atoms with Crippen molar-refractivity contribution in [2.45, 2.75) is 0 Å². The highest BCUT2D eigenvalue weighted by atomic mass is 19.1. The second kappa shape index (κ2) is 7.08. The number of H-pyrrole nitrogens is 1. The van der Waals surface area contributed by atoms with Crippen molar-refractivity contribution in [2.75, 3.05) is 45.2 Å². The summed E-state index contributed by atoms with van der Waals surface area (Å²) < 4.78 is 19.5. The molecule has 0 spiro atoms. The number of nitrogens with zero attached hydrogens (tertiary/aromatic N) is 2. The predicted molar refractivity (Wildman–Crippen MR) is 109 cm³/mol. The van der Waals surface area contributed by atoms with Crippen LogP contribution in [0.3, 0.4) is 0 Å². The van der Waals surface area contributed by atoms with Gasteiger partial charge in [-0.1, -0.05) is 12.1 Å². The molecule has 0 saturated carbocycles. The Morgan fingerprint density at radius 3 is 2.37 bits per heavy atom. The van der Waals surface area contributed by atoms with Gasteiger partial charge in [-0.3, -0.25) is 4.48 Å². The summed E-state index contributed by atoms with van der Waals surface area (Å²) >= 11 is 0. The molecule has 5 heteroatoms. The zero-order valence-corrected chi connectivity index (χ0v) is 15.8. The summed E-state index contributed by atoms with van der Waals surface area (Å²) in [5.74, 6) is 1.90. The third-order valence-corrected chi connectivity index (χ3v) is 5.56. The number of hydrogen-bond acceptors (Lipinski definition) is 2. The lowest BCUT2D eigenvalue weighted by molar-refractivity contribution is 0.301. The standard InChI is InChI=1S/C22H25FN3O/c1-26(22-12-11-19(24-22)17-7-9-18(23)10-8-17)15-13-25(14-16-26)20-5-3-4-6-21(20)27-2/h3-12,24H,13-16H2,1-2H3/q+1. The summed E-state index contributed by atoms with van der Waals surface area (Å²) in [6, 6.07) is 19.0. The van der Waals surface area contributed by atoms with Gasteiger partial charge in [0.05, 0.1) is 38.6 Å². The first-order valence-electron chi connectivity index (χ1n) is 9.27. The smallest absolute Gasteiger partial charge is 0.205 e. The van der Waals surface area contributed by atoms with E-state index >= 15 is 0 Å². The van der Waals surface area contributed by atoms with E-state index in [4.69, 9.17) is 4.74 Å². The monoisotopic (exact) mass is 366 g/mol. The second-order valence-corrected chi connectivity index (χ2v) is 7.27. The molecular weight excluding hydrogens is 341 g/mol. The highest BCUT2D eigenvalue weighted by molar-refractivity contribution is 5.63. The zero-order valence-electron chi connectivity index (χ0n) is 15.8. The molecule has 1 aromatic heterocycles. The van der Waals surface area contributed by atoms with Crippen LogP contribution in [-0.4, -0.2) is 45.3 Å². The summed E-state index contributed by atoms with van der Waals surface area (Å²) in [6.45, 7) is 3.92. The van der Waals surface area contributed by atoms with Gasteiger partial charge in [0.1, 0.15) is 24.7 Å². The Labute approximate surface area is 159 Å². The van der Waals surface area contributed by atoms with Crippen molar-refractivity contribution < 1.29 is 9.13 Å². The van der Waals surface area contributed by atoms with E-state index in [-0.39, 0.29) is 5.82 Å². The third kappa shape index (κ3) is 3.43. The van der Waals surface area contributed by atoms with Crippen LogP contribution in [0.5, 0.6) is 5.75 Å².